The van der Waals surface area contributed by atoms with Gasteiger partial charge in [0.05, 0.1) is 11.8 Å². The maximum atomic E-state index is 9.80. The Kier molecular flexibility index (Phi) is 4.25. The number of aliphatic hydroxyl groups is 1. The summed E-state index contributed by atoms with van der Waals surface area (Å²) in [5.41, 5.74) is 0.952. The van der Waals surface area contributed by atoms with Crippen molar-refractivity contribution in [2.45, 2.75) is 38.3 Å². The molecular formula is C12H19N3O. The van der Waals surface area contributed by atoms with Crippen molar-refractivity contribution in [2.24, 2.45) is 5.92 Å². The standard InChI is InChI=1S/C12H19N3O/c16-12-4-2-1-3-10(12)7-14-9-11-8-13-5-6-15-11/h5-6,8,10,12,14,16H,1-4,7,9H2. The summed E-state index contributed by atoms with van der Waals surface area (Å²) >= 11 is 0. The molecule has 2 atom stereocenters. The Bertz CT molecular complexity index is 304. The van der Waals surface area contributed by atoms with Crippen LogP contribution in [0.3, 0.4) is 0 Å². The van der Waals surface area contributed by atoms with Gasteiger partial charge in [-0.25, -0.2) is 0 Å². The summed E-state index contributed by atoms with van der Waals surface area (Å²) in [5, 5.41) is 13.1. The van der Waals surface area contributed by atoms with Gasteiger partial charge in [-0.1, -0.05) is 12.8 Å². The molecule has 0 bridgehead atoms. The molecule has 1 aromatic heterocycles. The highest BCUT2D eigenvalue weighted by Crippen LogP contribution is 2.23. The predicted octanol–water partition coefficient (Wildman–Crippen LogP) is 1.12. The molecule has 0 amide bonds. The average molecular weight is 221 g/mol. The minimum Gasteiger partial charge on any atom is -0.393 e. The molecule has 1 aliphatic carbocycles. The van der Waals surface area contributed by atoms with Crippen LogP contribution in [0.2, 0.25) is 0 Å². The molecule has 1 aliphatic rings. The van der Waals surface area contributed by atoms with Gasteiger partial charge in [-0.3, -0.25) is 9.97 Å². The smallest absolute Gasteiger partial charge is 0.0724 e. The zero-order chi connectivity index (χ0) is 11.2. The summed E-state index contributed by atoms with van der Waals surface area (Å²) in [7, 11) is 0. The van der Waals surface area contributed by atoms with Gasteiger partial charge in [-0.15, -0.1) is 0 Å². The van der Waals surface area contributed by atoms with Crippen LogP contribution in [0.1, 0.15) is 31.4 Å². The van der Waals surface area contributed by atoms with Crippen molar-refractivity contribution in [1.29, 1.82) is 0 Å². The van der Waals surface area contributed by atoms with Crippen LogP contribution < -0.4 is 5.32 Å². The molecule has 0 aromatic carbocycles. The fraction of sp³-hybridized carbons (Fsp3) is 0.667. The molecule has 2 unspecified atom stereocenters. The van der Waals surface area contributed by atoms with Gasteiger partial charge >= 0.3 is 0 Å². The molecule has 1 fully saturated rings. The third-order valence-electron chi connectivity index (χ3n) is 3.20. The summed E-state index contributed by atoms with van der Waals surface area (Å²) in [4.78, 5) is 8.21. The lowest BCUT2D eigenvalue weighted by Gasteiger charge is -2.27. The molecular weight excluding hydrogens is 202 g/mol. The molecule has 4 heteroatoms. The SMILES string of the molecule is OC1CCCCC1CNCc1cnccn1. The number of rotatable bonds is 4. The second-order valence-corrected chi connectivity index (χ2v) is 4.44. The van der Waals surface area contributed by atoms with Gasteiger partial charge < -0.3 is 10.4 Å². The summed E-state index contributed by atoms with van der Waals surface area (Å²) in [5.74, 6) is 0.408. The van der Waals surface area contributed by atoms with Crippen molar-refractivity contribution >= 4 is 0 Å². The van der Waals surface area contributed by atoms with E-state index >= 15 is 0 Å². The van der Waals surface area contributed by atoms with Crippen LogP contribution in [-0.2, 0) is 6.54 Å². The van der Waals surface area contributed by atoms with Crippen molar-refractivity contribution < 1.29 is 5.11 Å². The van der Waals surface area contributed by atoms with E-state index in [1.807, 2.05) is 0 Å². The summed E-state index contributed by atoms with van der Waals surface area (Å²) < 4.78 is 0. The van der Waals surface area contributed by atoms with E-state index in [2.05, 4.69) is 15.3 Å². The first-order valence-corrected chi connectivity index (χ1v) is 6.00. The fourth-order valence-corrected chi connectivity index (χ4v) is 2.23. The first kappa shape index (κ1) is 11.5. The highest BCUT2D eigenvalue weighted by atomic mass is 16.3. The van der Waals surface area contributed by atoms with E-state index in [0.29, 0.717) is 5.92 Å². The van der Waals surface area contributed by atoms with Gasteiger partial charge in [0.25, 0.3) is 0 Å². The van der Waals surface area contributed by atoms with Crippen LogP contribution in [0, 0.1) is 5.92 Å². The Hall–Kier alpha value is -1.00. The van der Waals surface area contributed by atoms with Gasteiger partial charge in [-0.2, -0.15) is 0 Å². The summed E-state index contributed by atoms with van der Waals surface area (Å²) in [6.07, 6.45) is 9.52. The van der Waals surface area contributed by atoms with Crippen molar-refractivity contribution in [2.75, 3.05) is 6.54 Å². The second kappa shape index (κ2) is 5.92. The molecule has 1 heterocycles. The third kappa shape index (κ3) is 3.25. The fourth-order valence-electron chi connectivity index (χ4n) is 2.23. The number of hydrogen-bond acceptors (Lipinski definition) is 4. The number of aromatic nitrogens is 2. The first-order valence-electron chi connectivity index (χ1n) is 6.00. The van der Waals surface area contributed by atoms with Gasteiger partial charge in [0.15, 0.2) is 0 Å². The zero-order valence-corrected chi connectivity index (χ0v) is 9.47. The zero-order valence-electron chi connectivity index (χ0n) is 9.47. The van der Waals surface area contributed by atoms with Crippen LogP contribution in [-0.4, -0.2) is 27.7 Å². The minimum absolute atomic E-state index is 0.122. The Labute approximate surface area is 96.1 Å². The normalized spacial score (nSPS) is 25.6. The molecule has 0 saturated heterocycles. The molecule has 0 aliphatic heterocycles. The monoisotopic (exact) mass is 221 g/mol. The lowest BCUT2D eigenvalue weighted by Crippen LogP contribution is -2.33. The highest BCUT2D eigenvalue weighted by Gasteiger charge is 2.22. The molecule has 4 nitrogen and oxygen atoms in total. The van der Waals surface area contributed by atoms with Gasteiger partial charge in [0, 0.05) is 31.7 Å². The lowest BCUT2D eigenvalue weighted by molar-refractivity contribution is 0.0694. The van der Waals surface area contributed by atoms with Gasteiger partial charge in [-0.05, 0) is 18.8 Å². The molecule has 1 saturated carbocycles. The largest absolute Gasteiger partial charge is 0.393 e. The van der Waals surface area contributed by atoms with Crippen molar-refractivity contribution in [3.8, 4) is 0 Å². The maximum Gasteiger partial charge on any atom is 0.0724 e. The van der Waals surface area contributed by atoms with Crippen LogP contribution in [0.25, 0.3) is 0 Å². The second-order valence-electron chi connectivity index (χ2n) is 4.44. The van der Waals surface area contributed by atoms with Gasteiger partial charge in [0.2, 0.25) is 0 Å². The van der Waals surface area contributed by atoms with E-state index in [4.69, 9.17) is 0 Å². The van der Waals surface area contributed by atoms with E-state index < -0.39 is 0 Å². The molecule has 2 N–H and O–H groups in total. The van der Waals surface area contributed by atoms with Crippen molar-refractivity contribution in [3.63, 3.8) is 0 Å². The molecule has 88 valence electrons. The number of nitrogens with one attached hydrogen (secondary N) is 1. The Morgan fingerprint density at radius 3 is 2.94 bits per heavy atom. The Balaban J connectivity index is 1.71. The molecule has 16 heavy (non-hydrogen) atoms. The number of hydrogen-bond donors (Lipinski definition) is 2. The van der Waals surface area contributed by atoms with Crippen LogP contribution in [0.15, 0.2) is 18.6 Å². The van der Waals surface area contributed by atoms with Crippen molar-refractivity contribution in [3.05, 3.63) is 24.3 Å². The summed E-state index contributed by atoms with van der Waals surface area (Å²) in [6, 6.07) is 0. The highest BCUT2D eigenvalue weighted by molar-refractivity contribution is 4.93. The minimum atomic E-state index is -0.122. The summed E-state index contributed by atoms with van der Waals surface area (Å²) in [6.45, 7) is 1.61. The average Bonchev–Trinajstić information content (AvgIpc) is 2.33. The third-order valence-corrected chi connectivity index (χ3v) is 3.20. The van der Waals surface area contributed by atoms with Crippen LogP contribution >= 0.6 is 0 Å². The molecule has 0 radical (unpaired) electrons. The first-order chi connectivity index (χ1) is 7.86. The lowest BCUT2D eigenvalue weighted by atomic mass is 9.86. The van der Waals surface area contributed by atoms with E-state index in [1.165, 1.54) is 12.8 Å². The molecule has 2 rings (SSSR count). The number of aliphatic hydroxyl groups excluding tert-OH is 1. The van der Waals surface area contributed by atoms with E-state index in [1.54, 1.807) is 18.6 Å². The predicted molar refractivity (Wildman–Crippen MR) is 61.7 cm³/mol. The van der Waals surface area contributed by atoms with Crippen LogP contribution in [0.4, 0.5) is 0 Å². The molecule has 1 aromatic rings. The topological polar surface area (TPSA) is 58.0 Å². The quantitative estimate of drug-likeness (QED) is 0.800. The van der Waals surface area contributed by atoms with E-state index in [-0.39, 0.29) is 6.10 Å². The number of nitrogens with zero attached hydrogens (tertiary/aromatic N) is 2. The van der Waals surface area contributed by atoms with E-state index in [9.17, 15) is 5.11 Å². The maximum absolute atomic E-state index is 9.80. The Morgan fingerprint density at radius 1 is 1.31 bits per heavy atom. The van der Waals surface area contributed by atoms with Crippen molar-refractivity contribution in [1.82, 2.24) is 15.3 Å². The Morgan fingerprint density at radius 2 is 2.19 bits per heavy atom. The van der Waals surface area contributed by atoms with Gasteiger partial charge in [0.1, 0.15) is 0 Å². The van der Waals surface area contributed by atoms with E-state index in [0.717, 1.165) is 31.6 Å². The van der Waals surface area contributed by atoms with Crippen LogP contribution in [0.5, 0.6) is 0 Å². The molecule has 0 spiro atoms.